The molecule has 0 radical (unpaired) electrons. The van der Waals surface area contributed by atoms with Gasteiger partial charge in [0, 0.05) is 11.5 Å². The van der Waals surface area contributed by atoms with Crippen LogP contribution in [0.4, 0.5) is 0 Å². The fraction of sp³-hybridized carbons (Fsp3) is 0.118. The molecule has 3 aromatic rings. The van der Waals surface area contributed by atoms with Crippen molar-refractivity contribution in [3.8, 4) is 28.4 Å². The third kappa shape index (κ3) is 1.90. The Morgan fingerprint density at radius 3 is 2.68 bits per heavy atom. The van der Waals surface area contributed by atoms with Crippen molar-refractivity contribution < 1.29 is 18.6 Å². The van der Waals surface area contributed by atoms with Crippen LogP contribution in [0.1, 0.15) is 0 Å². The lowest BCUT2D eigenvalue weighted by Gasteiger charge is -2.11. The summed E-state index contributed by atoms with van der Waals surface area (Å²) in [5.74, 6) is 1.99. The fourth-order valence-corrected chi connectivity index (χ4v) is 2.61. The SMILES string of the molecule is COc1ccc2ccc(=O)oc2c1-c1ccc2c(c1)OCO2. The Hall–Kier alpha value is -2.95. The maximum atomic E-state index is 11.6. The van der Waals surface area contributed by atoms with Crippen molar-refractivity contribution in [3.63, 3.8) is 0 Å². The van der Waals surface area contributed by atoms with Crippen LogP contribution in [0.3, 0.4) is 0 Å². The van der Waals surface area contributed by atoms with Gasteiger partial charge in [0.2, 0.25) is 6.79 Å². The van der Waals surface area contributed by atoms with Gasteiger partial charge in [-0.05, 0) is 35.9 Å². The number of methoxy groups -OCH3 is 1. The first-order chi connectivity index (χ1) is 10.8. The Morgan fingerprint density at radius 2 is 1.82 bits per heavy atom. The van der Waals surface area contributed by atoms with Crippen molar-refractivity contribution in [2.75, 3.05) is 13.9 Å². The van der Waals surface area contributed by atoms with Gasteiger partial charge >= 0.3 is 5.63 Å². The summed E-state index contributed by atoms with van der Waals surface area (Å²) >= 11 is 0. The van der Waals surface area contributed by atoms with Gasteiger partial charge in [0.25, 0.3) is 0 Å². The van der Waals surface area contributed by atoms with Gasteiger partial charge in [-0.2, -0.15) is 0 Å². The molecule has 0 N–H and O–H groups in total. The first kappa shape index (κ1) is 12.8. The van der Waals surface area contributed by atoms with Crippen LogP contribution < -0.4 is 19.8 Å². The molecule has 1 aliphatic rings. The molecule has 0 saturated carbocycles. The molecule has 0 atom stereocenters. The summed E-state index contributed by atoms with van der Waals surface area (Å²) in [6.07, 6.45) is 0. The summed E-state index contributed by atoms with van der Waals surface area (Å²) in [5.41, 5.74) is 1.64. The largest absolute Gasteiger partial charge is 0.496 e. The highest BCUT2D eigenvalue weighted by Gasteiger charge is 2.18. The van der Waals surface area contributed by atoms with Crippen LogP contribution in [-0.2, 0) is 0 Å². The zero-order valence-electron chi connectivity index (χ0n) is 11.8. The van der Waals surface area contributed by atoms with E-state index in [9.17, 15) is 4.79 Å². The second kappa shape index (κ2) is 4.80. The molecule has 0 spiro atoms. The fourth-order valence-electron chi connectivity index (χ4n) is 2.61. The molecule has 1 aromatic heterocycles. The van der Waals surface area contributed by atoms with Gasteiger partial charge in [0.05, 0.1) is 12.7 Å². The van der Waals surface area contributed by atoms with E-state index in [0.29, 0.717) is 22.8 Å². The monoisotopic (exact) mass is 296 g/mol. The average Bonchev–Trinajstić information content (AvgIpc) is 3.01. The van der Waals surface area contributed by atoms with E-state index in [1.54, 1.807) is 13.2 Å². The Bertz CT molecular complexity index is 926. The van der Waals surface area contributed by atoms with Crippen LogP contribution in [0.5, 0.6) is 17.2 Å². The number of ether oxygens (including phenoxy) is 3. The topological polar surface area (TPSA) is 57.9 Å². The molecule has 110 valence electrons. The predicted molar refractivity (Wildman–Crippen MR) is 80.6 cm³/mol. The van der Waals surface area contributed by atoms with Gasteiger partial charge in [-0.1, -0.05) is 6.07 Å². The minimum Gasteiger partial charge on any atom is -0.496 e. The summed E-state index contributed by atoms with van der Waals surface area (Å²) in [7, 11) is 1.58. The highest BCUT2D eigenvalue weighted by molar-refractivity contribution is 5.96. The Labute approximate surface area is 125 Å². The number of benzene rings is 2. The smallest absolute Gasteiger partial charge is 0.336 e. The van der Waals surface area contributed by atoms with Crippen molar-refractivity contribution in [1.29, 1.82) is 0 Å². The number of rotatable bonds is 2. The molecule has 0 amide bonds. The Balaban J connectivity index is 2.04. The molecule has 2 heterocycles. The minimum atomic E-state index is -0.400. The number of hydrogen-bond acceptors (Lipinski definition) is 5. The lowest BCUT2D eigenvalue weighted by molar-refractivity contribution is 0.174. The third-order valence-electron chi connectivity index (χ3n) is 3.63. The van der Waals surface area contributed by atoms with Crippen molar-refractivity contribution in [2.45, 2.75) is 0 Å². The Morgan fingerprint density at radius 1 is 1.00 bits per heavy atom. The predicted octanol–water partition coefficient (Wildman–Crippen LogP) is 3.20. The quantitative estimate of drug-likeness (QED) is 0.680. The summed E-state index contributed by atoms with van der Waals surface area (Å²) in [4.78, 5) is 11.6. The van der Waals surface area contributed by atoms with E-state index in [1.165, 1.54) is 6.07 Å². The van der Waals surface area contributed by atoms with E-state index in [4.69, 9.17) is 18.6 Å². The van der Waals surface area contributed by atoms with Crippen LogP contribution in [0.25, 0.3) is 22.1 Å². The van der Waals surface area contributed by atoms with Gasteiger partial charge in [-0.15, -0.1) is 0 Å². The maximum Gasteiger partial charge on any atom is 0.336 e. The molecule has 0 bridgehead atoms. The van der Waals surface area contributed by atoms with E-state index >= 15 is 0 Å². The second-order valence-corrected chi connectivity index (χ2v) is 4.88. The van der Waals surface area contributed by atoms with Gasteiger partial charge in [-0.25, -0.2) is 4.79 Å². The van der Waals surface area contributed by atoms with E-state index in [-0.39, 0.29) is 6.79 Å². The highest BCUT2D eigenvalue weighted by Crippen LogP contribution is 2.41. The summed E-state index contributed by atoms with van der Waals surface area (Å²) < 4.78 is 21.6. The standard InChI is InChI=1S/C17H12O5/c1-19-13-6-2-10-4-7-15(18)22-17(10)16(13)11-3-5-12-14(8-11)21-9-20-12/h2-8H,9H2,1H3. The van der Waals surface area contributed by atoms with E-state index in [0.717, 1.165) is 16.5 Å². The molecular formula is C17H12O5. The summed E-state index contributed by atoms with van der Waals surface area (Å²) in [5, 5.41) is 0.827. The molecule has 5 heteroatoms. The zero-order chi connectivity index (χ0) is 15.1. The van der Waals surface area contributed by atoms with Crippen LogP contribution >= 0.6 is 0 Å². The van der Waals surface area contributed by atoms with Crippen molar-refractivity contribution in [1.82, 2.24) is 0 Å². The van der Waals surface area contributed by atoms with Crippen LogP contribution in [0.15, 0.2) is 51.7 Å². The van der Waals surface area contributed by atoms with Gasteiger partial charge in [0.15, 0.2) is 11.5 Å². The highest BCUT2D eigenvalue weighted by atomic mass is 16.7. The molecule has 2 aromatic carbocycles. The number of hydrogen-bond donors (Lipinski definition) is 0. The molecule has 4 rings (SSSR count). The first-order valence-corrected chi connectivity index (χ1v) is 6.77. The molecular weight excluding hydrogens is 284 g/mol. The molecule has 0 unspecified atom stereocenters. The molecule has 5 nitrogen and oxygen atoms in total. The van der Waals surface area contributed by atoms with Crippen LogP contribution in [0.2, 0.25) is 0 Å². The lowest BCUT2D eigenvalue weighted by atomic mass is 10.0. The van der Waals surface area contributed by atoms with Gasteiger partial charge < -0.3 is 18.6 Å². The van der Waals surface area contributed by atoms with E-state index in [1.807, 2.05) is 30.3 Å². The lowest BCUT2D eigenvalue weighted by Crippen LogP contribution is -1.97. The second-order valence-electron chi connectivity index (χ2n) is 4.88. The first-order valence-electron chi connectivity index (χ1n) is 6.77. The van der Waals surface area contributed by atoms with E-state index < -0.39 is 5.63 Å². The average molecular weight is 296 g/mol. The van der Waals surface area contributed by atoms with Crippen molar-refractivity contribution in [2.24, 2.45) is 0 Å². The van der Waals surface area contributed by atoms with Crippen molar-refractivity contribution in [3.05, 3.63) is 52.9 Å². The van der Waals surface area contributed by atoms with Gasteiger partial charge in [-0.3, -0.25) is 0 Å². The summed E-state index contributed by atoms with van der Waals surface area (Å²) in [6, 6.07) is 12.4. The normalized spacial score (nSPS) is 12.6. The molecule has 0 aliphatic carbocycles. The number of fused-ring (bicyclic) bond motifs is 2. The maximum absolute atomic E-state index is 11.6. The van der Waals surface area contributed by atoms with E-state index in [2.05, 4.69) is 0 Å². The molecule has 22 heavy (non-hydrogen) atoms. The Kier molecular flexibility index (Phi) is 2.79. The van der Waals surface area contributed by atoms with Crippen molar-refractivity contribution >= 4 is 11.0 Å². The van der Waals surface area contributed by atoms with Crippen LogP contribution in [-0.4, -0.2) is 13.9 Å². The molecule has 1 aliphatic heterocycles. The van der Waals surface area contributed by atoms with Crippen LogP contribution in [0, 0.1) is 0 Å². The molecule has 0 saturated heterocycles. The molecule has 0 fully saturated rings. The zero-order valence-corrected chi connectivity index (χ0v) is 11.8. The van der Waals surface area contributed by atoms with Gasteiger partial charge in [0.1, 0.15) is 11.3 Å². The third-order valence-corrected chi connectivity index (χ3v) is 3.63. The minimum absolute atomic E-state index is 0.209. The summed E-state index contributed by atoms with van der Waals surface area (Å²) in [6.45, 7) is 0.209.